The molecule has 3 rings (SSSR count). The molecule has 2 aromatic rings. The van der Waals surface area contributed by atoms with Crippen LogP contribution in [0, 0.1) is 0 Å². The highest BCUT2D eigenvalue weighted by molar-refractivity contribution is 5.37. The van der Waals surface area contributed by atoms with Crippen LogP contribution in [0.2, 0.25) is 0 Å². The second kappa shape index (κ2) is 4.88. The van der Waals surface area contributed by atoms with E-state index in [1.54, 1.807) is 16.7 Å². The van der Waals surface area contributed by atoms with Gasteiger partial charge in [-0.1, -0.05) is 6.07 Å². The molecule has 3 heterocycles. The molecule has 1 atom stereocenters. The van der Waals surface area contributed by atoms with E-state index in [1.807, 2.05) is 18.2 Å². The van der Waals surface area contributed by atoms with Crippen molar-refractivity contribution in [3.05, 3.63) is 46.5 Å². The first-order chi connectivity index (χ1) is 8.83. The van der Waals surface area contributed by atoms with Crippen LogP contribution in [0.5, 0.6) is 0 Å². The number of nitrogens with zero attached hydrogens (tertiary/aromatic N) is 2. The van der Waals surface area contributed by atoms with Gasteiger partial charge in [0.1, 0.15) is 5.65 Å². The van der Waals surface area contributed by atoms with E-state index in [0.717, 1.165) is 25.3 Å². The molecule has 18 heavy (non-hydrogen) atoms. The Kier molecular flexibility index (Phi) is 3.08. The summed E-state index contributed by atoms with van der Waals surface area (Å²) in [6.45, 7) is 2.16. The molecule has 94 valence electrons. The monoisotopic (exact) mass is 245 g/mol. The maximum absolute atomic E-state index is 11.9. The third-order valence-electron chi connectivity index (χ3n) is 3.13. The molecule has 5 heteroatoms. The van der Waals surface area contributed by atoms with Crippen LogP contribution in [-0.4, -0.2) is 28.6 Å². The van der Waals surface area contributed by atoms with Gasteiger partial charge < -0.3 is 10.1 Å². The van der Waals surface area contributed by atoms with Crippen LogP contribution in [0.1, 0.15) is 12.1 Å². The van der Waals surface area contributed by atoms with Gasteiger partial charge in [-0.2, -0.15) is 0 Å². The Morgan fingerprint density at radius 3 is 3.28 bits per heavy atom. The summed E-state index contributed by atoms with van der Waals surface area (Å²) in [5.41, 5.74) is 1.42. The Labute approximate surface area is 104 Å². The number of nitrogens with one attached hydrogen (secondary N) is 1. The minimum Gasteiger partial charge on any atom is -0.380 e. The smallest absolute Gasteiger partial charge is 0.258 e. The van der Waals surface area contributed by atoms with Crippen LogP contribution in [-0.2, 0) is 11.3 Å². The molecule has 0 radical (unpaired) electrons. The first-order valence-electron chi connectivity index (χ1n) is 6.11. The first kappa shape index (κ1) is 11.4. The van der Waals surface area contributed by atoms with E-state index in [2.05, 4.69) is 10.3 Å². The molecule has 1 N–H and O–H groups in total. The van der Waals surface area contributed by atoms with Gasteiger partial charge in [0, 0.05) is 31.5 Å². The fourth-order valence-corrected chi connectivity index (χ4v) is 2.14. The third-order valence-corrected chi connectivity index (χ3v) is 3.13. The molecule has 0 aromatic carbocycles. The topological polar surface area (TPSA) is 55.6 Å². The van der Waals surface area contributed by atoms with Crippen LogP contribution >= 0.6 is 0 Å². The molecule has 1 fully saturated rings. The standard InChI is InChI=1S/C13H15N3O2/c17-13-7-11(8-14-10-4-6-18-9-10)15-12-3-1-2-5-16(12)13/h1-3,5,7,10,14H,4,6,8-9H2. The van der Waals surface area contributed by atoms with E-state index >= 15 is 0 Å². The Bertz CT molecular complexity index is 602. The summed E-state index contributed by atoms with van der Waals surface area (Å²) >= 11 is 0. The number of aromatic nitrogens is 2. The van der Waals surface area contributed by atoms with E-state index in [9.17, 15) is 4.79 Å². The second-order valence-corrected chi connectivity index (χ2v) is 4.46. The van der Waals surface area contributed by atoms with Crippen molar-refractivity contribution >= 4 is 5.65 Å². The Hall–Kier alpha value is -1.72. The molecule has 1 aliphatic heterocycles. The Morgan fingerprint density at radius 1 is 1.50 bits per heavy atom. The molecule has 0 amide bonds. The highest BCUT2D eigenvalue weighted by Crippen LogP contribution is 2.05. The highest BCUT2D eigenvalue weighted by Gasteiger charge is 2.14. The van der Waals surface area contributed by atoms with E-state index in [4.69, 9.17) is 4.74 Å². The van der Waals surface area contributed by atoms with Gasteiger partial charge >= 0.3 is 0 Å². The lowest BCUT2D eigenvalue weighted by atomic mass is 10.2. The zero-order valence-electron chi connectivity index (χ0n) is 10.0. The molecule has 0 aliphatic carbocycles. The number of rotatable bonds is 3. The predicted octanol–water partition coefficient (Wildman–Crippen LogP) is 0.573. The molecular weight excluding hydrogens is 230 g/mol. The normalized spacial score (nSPS) is 19.4. The molecule has 2 aromatic heterocycles. The SMILES string of the molecule is O=c1cc(CNC2CCOC2)nc2ccccn12. The highest BCUT2D eigenvalue weighted by atomic mass is 16.5. The maximum atomic E-state index is 11.9. The number of pyridine rings is 1. The van der Waals surface area contributed by atoms with Crippen LogP contribution in [0.3, 0.4) is 0 Å². The Morgan fingerprint density at radius 2 is 2.44 bits per heavy atom. The number of hydrogen-bond acceptors (Lipinski definition) is 4. The van der Waals surface area contributed by atoms with E-state index in [-0.39, 0.29) is 5.56 Å². The summed E-state index contributed by atoms with van der Waals surface area (Å²) in [5.74, 6) is 0. The Balaban J connectivity index is 1.81. The third kappa shape index (κ3) is 2.27. The zero-order chi connectivity index (χ0) is 12.4. The van der Waals surface area contributed by atoms with Crippen molar-refractivity contribution in [2.45, 2.75) is 19.0 Å². The van der Waals surface area contributed by atoms with Crippen molar-refractivity contribution in [3.63, 3.8) is 0 Å². The number of ether oxygens (including phenoxy) is 1. The lowest BCUT2D eigenvalue weighted by molar-refractivity contribution is 0.189. The zero-order valence-corrected chi connectivity index (χ0v) is 10.0. The van der Waals surface area contributed by atoms with E-state index < -0.39 is 0 Å². The van der Waals surface area contributed by atoms with Crippen molar-refractivity contribution < 1.29 is 4.74 Å². The van der Waals surface area contributed by atoms with Crippen molar-refractivity contribution in [2.24, 2.45) is 0 Å². The van der Waals surface area contributed by atoms with Crippen LogP contribution in [0.15, 0.2) is 35.3 Å². The molecular formula is C13H15N3O2. The van der Waals surface area contributed by atoms with E-state index in [1.165, 1.54) is 0 Å². The van der Waals surface area contributed by atoms with Gasteiger partial charge in [-0.25, -0.2) is 4.98 Å². The molecule has 0 bridgehead atoms. The minimum atomic E-state index is -0.0416. The van der Waals surface area contributed by atoms with E-state index in [0.29, 0.717) is 18.2 Å². The van der Waals surface area contributed by atoms with Gasteiger partial charge in [0.2, 0.25) is 0 Å². The first-order valence-corrected chi connectivity index (χ1v) is 6.11. The van der Waals surface area contributed by atoms with Gasteiger partial charge in [0.25, 0.3) is 5.56 Å². The average Bonchev–Trinajstić information content (AvgIpc) is 2.90. The van der Waals surface area contributed by atoms with Gasteiger partial charge in [-0.15, -0.1) is 0 Å². The molecule has 0 spiro atoms. The largest absolute Gasteiger partial charge is 0.380 e. The van der Waals surface area contributed by atoms with Crippen LogP contribution in [0.4, 0.5) is 0 Å². The average molecular weight is 245 g/mol. The molecule has 1 unspecified atom stereocenters. The van der Waals surface area contributed by atoms with Crippen molar-refractivity contribution in [3.8, 4) is 0 Å². The number of hydrogen-bond donors (Lipinski definition) is 1. The summed E-state index contributed by atoms with van der Waals surface area (Å²) in [6.07, 6.45) is 2.75. The lowest BCUT2D eigenvalue weighted by Crippen LogP contribution is -2.29. The molecule has 0 saturated carbocycles. The fraction of sp³-hybridized carbons (Fsp3) is 0.385. The van der Waals surface area contributed by atoms with Crippen molar-refractivity contribution in [2.75, 3.05) is 13.2 Å². The van der Waals surface area contributed by atoms with Crippen LogP contribution in [0.25, 0.3) is 5.65 Å². The number of fused-ring (bicyclic) bond motifs is 1. The molecule has 1 saturated heterocycles. The molecule has 1 aliphatic rings. The maximum Gasteiger partial charge on any atom is 0.258 e. The van der Waals surface area contributed by atoms with Crippen molar-refractivity contribution in [1.82, 2.24) is 14.7 Å². The quantitative estimate of drug-likeness (QED) is 0.859. The second-order valence-electron chi connectivity index (χ2n) is 4.46. The summed E-state index contributed by atoms with van der Waals surface area (Å²) in [6, 6.07) is 7.49. The van der Waals surface area contributed by atoms with Crippen LogP contribution < -0.4 is 10.9 Å². The minimum absolute atomic E-state index is 0.0416. The van der Waals surface area contributed by atoms with Crippen molar-refractivity contribution in [1.29, 1.82) is 0 Å². The van der Waals surface area contributed by atoms with Gasteiger partial charge in [-0.3, -0.25) is 9.20 Å². The summed E-state index contributed by atoms with van der Waals surface area (Å²) in [7, 11) is 0. The fourth-order valence-electron chi connectivity index (χ4n) is 2.14. The molecule has 5 nitrogen and oxygen atoms in total. The van der Waals surface area contributed by atoms with Gasteiger partial charge in [0.05, 0.1) is 12.3 Å². The summed E-state index contributed by atoms with van der Waals surface area (Å²) in [5, 5.41) is 3.35. The van der Waals surface area contributed by atoms with Gasteiger partial charge in [-0.05, 0) is 18.6 Å². The van der Waals surface area contributed by atoms with Gasteiger partial charge in [0.15, 0.2) is 0 Å². The summed E-state index contributed by atoms with van der Waals surface area (Å²) < 4.78 is 6.83. The predicted molar refractivity (Wildman–Crippen MR) is 67.5 cm³/mol. The summed E-state index contributed by atoms with van der Waals surface area (Å²) in [4.78, 5) is 16.3. The lowest BCUT2D eigenvalue weighted by Gasteiger charge is -2.10.